The number of hydrogen-bond acceptors (Lipinski definition) is 29. The monoisotopic (exact) mass is 1540 g/mol. The topological polar surface area (TPSA) is 505 Å². The number of anilines is 5. The summed E-state index contributed by atoms with van der Waals surface area (Å²) >= 11 is 0. The van der Waals surface area contributed by atoms with E-state index in [1.165, 1.54) is 73.4 Å². The van der Waals surface area contributed by atoms with Crippen LogP contribution in [-0.2, 0) is 35.0 Å². The molecular weight excluding hydrogens is 1440 g/mol. The van der Waals surface area contributed by atoms with Crippen molar-refractivity contribution in [3.05, 3.63) is 149 Å². The molecule has 6 aromatic heterocycles. The average Bonchev–Trinajstić information content (AvgIpc) is 1.67. The van der Waals surface area contributed by atoms with E-state index in [4.69, 9.17) is 55.4 Å². The van der Waals surface area contributed by atoms with Gasteiger partial charge in [0.1, 0.15) is 95.4 Å². The Morgan fingerprint density at radius 3 is 1.49 bits per heavy atom. The second kappa shape index (κ2) is 38.7. The molecule has 0 spiro atoms. The van der Waals surface area contributed by atoms with Crippen molar-refractivity contribution in [2.75, 3.05) is 75.0 Å². The Morgan fingerprint density at radius 1 is 0.651 bits per heavy atom. The number of aromatic nitrogens is 11. The van der Waals surface area contributed by atoms with Crippen LogP contribution in [0.4, 0.5) is 46.8 Å². The molecule has 5 fully saturated rings. The van der Waals surface area contributed by atoms with Crippen molar-refractivity contribution in [1.29, 1.82) is 0 Å². The quantitative estimate of drug-likeness (QED) is 0.0662. The number of amides is 2. The van der Waals surface area contributed by atoms with Gasteiger partial charge in [0.15, 0.2) is 0 Å². The number of rotatable bonds is 14. The van der Waals surface area contributed by atoms with Crippen LogP contribution in [0.1, 0.15) is 126 Å². The molecule has 5 aliphatic heterocycles. The summed E-state index contributed by atoms with van der Waals surface area (Å²) in [6, 6.07) is 11.6. The number of aromatic amines is 2. The smallest absolute Gasteiger partial charge is 0.354 e. The molecule has 5 saturated heterocycles. The van der Waals surface area contributed by atoms with Crippen LogP contribution in [0.5, 0.6) is 0 Å². The maximum absolute atomic E-state index is 12.9. The zero-order valence-electron chi connectivity index (χ0n) is 62.6. The molecule has 14 atom stereocenters. The van der Waals surface area contributed by atoms with Crippen LogP contribution in [0.15, 0.2) is 91.1 Å². The molecule has 0 saturated carbocycles. The molecule has 11 heterocycles. The lowest BCUT2D eigenvalue weighted by Gasteiger charge is -2.16. The van der Waals surface area contributed by atoms with Crippen LogP contribution in [0, 0.1) is 53.4 Å². The Labute approximate surface area is 622 Å². The van der Waals surface area contributed by atoms with Gasteiger partial charge in [-0.1, -0.05) is 36.3 Å². The van der Waals surface area contributed by atoms with Crippen LogP contribution in [0.3, 0.4) is 0 Å². The molecule has 8 unspecified atom stereocenters. The van der Waals surface area contributed by atoms with Crippen LogP contribution in [-0.4, -0.2) is 217 Å². The van der Waals surface area contributed by atoms with Crippen LogP contribution < -0.4 is 44.8 Å². The Kier molecular flexibility index (Phi) is 30.8. The van der Waals surface area contributed by atoms with Crippen LogP contribution >= 0.6 is 0 Å². The number of nitrogens with two attached hydrogens (primary N) is 3. The molecule has 13 rings (SSSR count). The van der Waals surface area contributed by atoms with Gasteiger partial charge in [0.2, 0.25) is 17.8 Å². The molecule has 15 N–H and O–H groups in total. The number of fused-ring (bicyclic) bond motifs is 1. The minimum atomic E-state index is -3.16. The minimum absolute atomic E-state index is 0.0128. The third kappa shape index (κ3) is 22.6. The summed E-state index contributed by atoms with van der Waals surface area (Å²) in [5.41, 5.74) is 24.1. The summed E-state index contributed by atoms with van der Waals surface area (Å²) < 4.78 is 93.4. The lowest BCUT2D eigenvalue weighted by molar-refractivity contribution is -0.106. The van der Waals surface area contributed by atoms with Gasteiger partial charge in [-0.25, -0.2) is 42.1 Å². The first-order valence-electron chi connectivity index (χ1n) is 34.7. The molecule has 598 valence electrons. The number of likely N-dealkylation sites (tertiary alicyclic amines) is 1. The maximum Gasteiger partial charge on any atom is 0.354 e. The summed E-state index contributed by atoms with van der Waals surface area (Å²) in [4.78, 5) is 84.8. The van der Waals surface area contributed by atoms with Gasteiger partial charge in [0.05, 0.1) is 50.0 Å². The zero-order valence-corrected chi connectivity index (χ0v) is 62.6. The number of nitrogen functional groups attached to an aromatic ring is 3. The first kappa shape index (κ1) is 86.7. The number of benzene rings is 2. The number of H-pyrrole nitrogens is 2. The SMILES string of the molecule is CC1CN(Cc2c[nH]c3c(=O)[nH]c(N)nc23)CC1CO.CC[C@H]1O[C@@H](n2cnc(N)nc2=O)C[C@@H]1O.COCC1OC(C)C(F)(F)C1O.COCC1OC(C)C(F)(F)C1O.C[C@H]1O[C@@H](n2cnc(N)nc2=O)C[C@@H]1O.Cc1ccc(NC(=O)c2cnoc2C)cc1C.Cc1ccc(NC(=O)c2cnoc2C)cc1C. The van der Waals surface area contributed by atoms with Gasteiger partial charge >= 0.3 is 23.2 Å². The Bertz CT molecular complexity index is 4340. The van der Waals surface area contributed by atoms with E-state index in [-0.39, 0.29) is 67.2 Å². The lowest BCUT2D eigenvalue weighted by Crippen LogP contribution is -2.39. The number of aliphatic hydroxyl groups excluding tert-OH is 5. The van der Waals surface area contributed by atoms with Gasteiger partial charge in [0, 0.05) is 76.4 Å². The highest BCUT2D eigenvalue weighted by Crippen LogP contribution is 2.38. The van der Waals surface area contributed by atoms with Crippen LogP contribution in [0.25, 0.3) is 11.0 Å². The first-order valence-corrected chi connectivity index (χ1v) is 34.7. The Hall–Kier alpha value is -9.52. The lowest BCUT2D eigenvalue weighted by atomic mass is 10.00. The molecule has 109 heavy (non-hydrogen) atoms. The van der Waals surface area contributed by atoms with E-state index in [1.807, 2.05) is 77.2 Å². The van der Waals surface area contributed by atoms with Gasteiger partial charge < -0.3 is 95.8 Å². The summed E-state index contributed by atoms with van der Waals surface area (Å²) in [6.07, 6.45) is -1.87. The number of methoxy groups -OCH3 is 2. The van der Waals surface area contributed by atoms with E-state index in [9.17, 15) is 56.9 Å². The molecular formula is C70H97F4N17O18. The number of nitrogens with zero attached hydrogens (tertiary/aromatic N) is 10. The predicted molar refractivity (Wildman–Crippen MR) is 387 cm³/mol. The van der Waals surface area contributed by atoms with Crippen molar-refractivity contribution in [1.82, 2.24) is 59.2 Å². The molecule has 5 aliphatic rings. The van der Waals surface area contributed by atoms with Gasteiger partial charge in [-0.3, -0.25) is 33.4 Å². The third-order valence-corrected chi connectivity index (χ3v) is 18.7. The average molecular weight is 1540 g/mol. The first-order chi connectivity index (χ1) is 51.4. The van der Waals surface area contributed by atoms with Gasteiger partial charge in [-0.2, -0.15) is 9.97 Å². The number of halogens is 4. The van der Waals surface area contributed by atoms with Crippen molar-refractivity contribution >= 4 is 52.1 Å². The van der Waals surface area contributed by atoms with E-state index in [0.29, 0.717) is 71.3 Å². The summed E-state index contributed by atoms with van der Waals surface area (Å²) in [6.45, 7) is 22.5. The molecule has 0 bridgehead atoms. The highest BCUT2D eigenvalue weighted by Gasteiger charge is 2.57. The Balaban J connectivity index is 0.000000178. The van der Waals surface area contributed by atoms with Crippen molar-refractivity contribution in [2.45, 2.75) is 187 Å². The molecule has 2 amide bonds. The number of carbonyl (C=O) groups excluding carboxylic acids is 2. The van der Waals surface area contributed by atoms with E-state index >= 15 is 0 Å². The van der Waals surface area contributed by atoms with Crippen LogP contribution in [0.2, 0.25) is 0 Å². The largest absolute Gasteiger partial charge is 0.396 e. The second-order valence-corrected chi connectivity index (χ2v) is 26.7. The molecule has 35 nitrogen and oxygen atoms in total. The number of ether oxygens (including phenoxy) is 6. The van der Waals surface area contributed by atoms with Gasteiger partial charge in [-0.15, -0.1) is 0 Å². The highest BCUT2D eigenvalue weighted by atomic mass is 19.3. The van der Waals surface area contributed by atoms with E-state index in [2.05, 4.69) is 77.1 Å². The predicted octanol–water partition coefficient (Wildman–Crippen LogP) is 4.60. The number of carbonyl (C=O) groups is 2. The number of alkyl halides is 4. The fourth-order valence-corrected chi connectivity index (χ4v) is 11.8. The van der Waals surface area contributed by atoms with Crippen molar-refractivity contribution in [2.24, 2.45) is 11.8 Å². The normalized spacial score (nSPS) is 25.0. The number of aliphatic hydroxyl groups is 5. The highest BCUT2D eigenvalue weighted by molar-refractivity contribution is 6.05. The standard InChI is InChI=1S/C13H19N5O2.2C13H14N2O2.C9H14N4O3.C8H12N4O3.2C7H12F2O3/c1-7-3-18(5-9(7)6-19)4-8-2-15-11-10(8)16-13(14)17-12(11)20;2*1-8-4-5-11(6-9(8)2)15-13(16)12-7-14-17-10(12)3;1-2-6-5(14)3-7(16-6)13-4-11-8(10)12-9(13)15;1-4-5(13)2-6(15-4)12-3-10-7(9)11-8(12)14;2*1-4-7(8,9)6(10)5(12-4)3-11-2/h2,7,9,15,19H,3-6H2,1H3,(H3,14,16,17,20);2*4-7H,1-3H3,(H,15,16);4-7,14H,2-3H2,1H3,(H2,10,12,15);3-6,13H,2H2,1H3,(H2,9,11,14);2*4-6,10H,3H2,1-2H3/t;;;5-,6+,7+;4-,5+,6-;;/m...01../s1. The van der Waals surface area contributed by atoms with Crippen molar-refractivity contribution in [3.63, 3.8) is 0 Å². The molecule has 2 aromatic carbocycles. The van der Waals surface area contributed by atoms with Gasteiger partial charge in [-0.05, 0) is 127 Å². The third-order valence-electron chi connectivity index (χ3n) is 18.7. The summed E-state index contributed by atoms with van der Waals surface area (Å²) in [5.74, 6) is -4.89. The van der Waals surface area contributed by atoms with Gasteiger partial charge in [0.25, 0.3) is 17.4 Å². The fourth-order valence-electron chi connectivity index (χ4n) is 11.8. The van der Waals surface area contributed by atoms with Crippen molar-refractivity contribution < 1.29 is 90.2 Å². The summed E-state index contributed by atoms with van der Waals surface area (Å²) in [7, 11) is 2.74. The Morgan fingerprint density at radius 2 is 1.12 bits per heavy atom. The second-order valence-electron chi connectivity index (χ2n) is 26.7. The zero-order chi connectivity index (χ0) is 80.5. The number of nitrogens with one attached hydrogen (secondary N) is 4. The molecule has 0 aliphatic carbocycles. The van der Waals surface area contributed by atoms with E-state index in [0.717, 1.165) is 41.2 Å². The number of aryl methyl sites for hydroxylation is 6. The molecule has 8 aromatic rings. The maximum atomic E-state index is 12.9. The molecule has 39 heteroatoms. The molecule has 0 radical (unpaired) electrons. The summed E-state index contributed by atoms with van der Waals surface area (Å²) in [5, 5.41) is 59.4. The van der Waals surface area contributed by atoms with Crippen molar-refractivity contribution in [3.8, 4) is 0 Å². The van der Waals surface area contributed by atoms with E-state index < -0.39 is 84.5 Å². The minimum Gasteiger partial charge on any atom is -0.396 e. The number of hydrogen-bond donors (Lipinski definition) is 12. The van der Waals surface area contributed by atoms with E-state index in [1.54, 1.807) is 20.8 Å². The fraction of sp³-hybridized carbons (Fsp3) is 0.543.